The van der Waals surface area contributed by atoms with E-state index in [0.717, 1.165) is 17.7 Å². The van der Waals surface area contributed by atoms with Gasteiger partial charge in [-0.2, -0.15) is 0 Å². The molecule has 0 spiro atoms. The zero-order valence-electron chi connectivity index (χ0n) is 15.8. The average molecular weight is 420 g/mol. The van der Waals surface area contributed by atoms with Gasteiger partial charge in [0.15, 0.2) is 0 Å². The largest absolute Gasteiger partial charge is 0.336 e. The van der Waals surface area contributed by atoms with E-state index in [-0.39, 0.29) is 11.8 Å². The van der Waals surface area contributed by atoms with Gasteiger partial charge < -0.3 is 10.2 Å². The molecule has 2 aromatic rings. The van der Waals surface area contributed by atoms with Gasteiger partial charge in [-0.1, -0.05) is 48.3 Å². The van der Waals surface area contributed by atoms with Crippen LogP contribution in [0.1, 0.15) is 22.8 Å². The number of hydrogen-bond donors (Lipinski definition) is 1. The zero-order valence-corrected chi connectivity index (χ0v) is 17.3. The van der Waals surface area contributed by atoms with E-state index in [0.29, 0.717) is 48.3 Å². The lowest BCUT2D eigenvalue weighted by Crippen LogP contribution is -2.50. The minimum atomic E-state index is -0.109. The van der Waals surface area contributed by atoms with Crippen molar-refractivity contribution in [1.29, 1.82) is 0 Å². The molecule has 2 aromatic carbocycles. The van der Waals surface area contributed by atoms with Crippen LogP contribution in [0.2, 0.25) is 10.0 Å². The second kappa shape index (κ2) is 9.41. The van der Waals surface area contributed by atoms with Crippen LogP contribution in [-0.4, -0.2) is 54.3 Å². The van der Waals surface area contributed by atoms with E-state index in [2.05, 4.69) is 17.1 Å². The Balaban J connectivity index is 1.52. The van der Waals surface area contributed by atoms with Crippen LogP contribution in [0.25, 0.3) is 0 Å². The predicted molar refractivity (Wildman–Crippen MR) is 113 cm³/mol. The first-order chi connectivity index (χ1) is 13.5. The van der Waals surface area contributed by atoms with Gasteiger partial charge in [0, 0.05) is 36.9 Å². The van der Waals surface area contributed by atoms with Crippen molar-refractivity contribution in [2.75, 3.05) is 38.0 Å². The summed E-state index contributed by atoms with van der Waals surface area (Å²) in [7, 11) is 0. The lowest BCUT2D eigenvalue weighted by molar-refractivity contribution is -0.117. The Hall–Kier alpha value is -2.08. The molecule has 5 nitrogen and oxygen atoms in total. The van der Waals surface area contributed by atoms with E-state index in [1.165, 1.54) is 0 Å². The number of rotatable bonds is 5. The van der Waals surface area contributed by atoms with Crippen molar-refractivity contribution in [3.8, 4) is 0 Å². The van der Waals surface area contributed by atoms with Crippen molar-refractivity contribution in [3.05, 3.63) is 63.6 Å². The number of halogens is 2. The quantitative estimate of drug-likeness (QED) is 0.797. The number of piperazine rings is 1. The van der Waals surface area contributed by atoms with E-state index in [4.69, 9.17) is 23.2 Å². The highest BCUT2D eigenvalue weighted by molar-refractivity contribution is 6.36. The van der Waals surface area contributed by atoms with E-state index in [1.807, 2.05) is 24.3 Å². The Morgan fingerprint density at radius 1 is 1.04 bits per heavy atom. The van der Waals surface area contributed by atoms with E-state index >= 15 is 0 Å². The first-order valence-electron chi connectivity index (χ1n) is 9.32. The highest BCUT2D eigenvalue weighted by Crippen LogP contribution is 2.23. The number of hydrogen-bond acceptors (Lipinski definition) is 3. The summed E-state index contributed by atoms with van der Waals surface area (Å²) in [6.45, 7) is 4.75. The number of carbonyl (C=O) groups excluding carboxylic acids is 2. The smallest absolute Gasteiger partial charge is 0.255 e. The van der Waals surface area contributed by atoms with Crippen LogP contribution in [0.5, 0.6) is 0 Å². The predicted octanol–water partition coefficient (Wildman–Crippen LogP) is 3.95. The van der Waals surface area contributed by atoms with Crippen LogP contribution in [0.4, 0.5) is 5.69 Å². The first-order valence-corrected chi connectivity index (χ1v) is 10.1. The molecule has 3 rings (SSSR count). The van der Waals surface area contributed by atoms with Crippen LogP contribution in [0.15, 0.2) is 42.5 Å². The molecule has 1 N–H and O–H groups in total. The third-order valence-corrected chi connectivity index (χ3v) is 5.41. The molecule has 1 heterocycles. The van der Waals surface area contributed by atoms with E-state index < -0.39 is 0 Å². The number of amides is 2. The third-order valence-electron chi connectivity index (χ3n) is 4.86. The summed E-state index contributed by atoms with van der Waals surface area (Å²) < 4.78 is 0. The molecule has 0 unspecified atom stereocenters. The van der Waals surface area contributed by atoms with E-state index in [1.54, 1.807) is 23.1 Å². The average Bonchev–Trinajstić information content (AvgIpc) is 2.68. The molecule has 0 atom stereocenters. The summed E-state index contributed by atoms with van der Waals surface area (Å²) in [5.41, 5.74) is 2.43. The van der Waals surface area contributed by atoms with Crippen molar-refractivity contribution in [3.63, 3.8) is 0 Å². The standard InChI is InChI=1S/C21H23Cl2N3O2/c1-2-15-5-3-4-6-19(15)24-20(27)14-25-9-11-26(12-10-25)21(28)17-8-7-16(22)13-18(17)23/h3-8,13H,2,9-12,14H2,1H3,(H,24,27). The SMILES string of the molecule is CCc1ccccc1NC(=O)CN1CCN(C(=O)c2ccc(Cl)cc2Cl)CC1. The first kappa shape index (κ1) is 20.6. The number of aryl methyl sites for hydroxylation is 1. The molecule has 0 aliphatic carbocycles. The lowest BCUT2D eigenvalue weighted by Gasteiger charge is -2.34. The molecule has 0 radical (unpaired) electrons. The number of para-hydroxylation sites is 1. The maximum absolute atomic E-state index is 12.7. The summed E-state index contributed by atoms with van der Waals surface area (Å²) in [5, 5.41) is 3.85. The van der Waals surface area contributed by atoms with Gasteiger partial charge in [0.05, 0.1) is 17.1 Å². The molecule has 148 valence electrons. The summed E-state index contributed by atoms with van der Waals surface area (Å²) in [5.74, 6) is -0.149. The summed E-state index contributed by atoms with van der Waals surface area (Å²) >= 11 is 12.0. The maximum Gasteiger partial charge on any atom is 0.255 e. The lowest BCUT2D eigenvalue weighted by atomic mass is 10.1. The van der Waals surface area contributed by atoms with Crippen molar-refractivity contribution < 1.29 is 9.59 Å². The van der Waals surface area contributed by atoms with Crippen LogP contribution in [0.3, 0.4) is 0 Å². The molecule has 1 saturated heterocycles. The molecule has 0 saturated carbocycles. The van der Waals surface area contributed by atoms with Crippen molar-refractivity contribution in [1.82, 2.24) is 9.80 Å². The van der Waals surface area contributed by atoms with Gasteiger partial charge in [0.2, 0.25) is 5.91 Å². The van der Waals surface area contributed by atoms with Gasteiger partial charge in [-0.25, -0.2) is 0 Å². The van der Waals surface area contributed by atoms with Crippen molar-refractivity contribution >= 4 is 40.7 Å². The molecule has 7 heteroatoms. The fourth-order valence-corrected chi connectivity index (χ4v) is 3.78. The number of carbonyl (C=O) groups is 2. The molecular formula is C21H23Cl2N3O2. The molecule has 0 aromatic heterocycles. The van der Waals surface area contributed by atoms with Crippen LogP contribution >= 0.6 is 23.2 Å². The summed E-state index contributed by atoms with van der Waals surface area (Å²) in [6.07, 6.45) is 0.866. The number of nitrogens with zero attached hydrogens (tertiary/aromatic N) is 2. The van der Waals surface area contributed by atoms with E-state index in [9.17, 15) is 9.59 Å². The summed E-state index contributed by atoms with van der Waals surface area (Å²) in [4.78, 5) is 28.9. The fraction of sp³-hybridized carbons (Fsp3) is 0.333. The van der Waals surface area contributed by atoms with Gasteiger partial charge in [0.1, 0.15) is 0 Å². The summed E-state index contributed by atoms with van der Waals surface area (Å²) in [6, 6.07) is 12.7. The highest BCUT2D eigenvalue weighted by Gasteiger charge is 2.24. The Morgan fingerprint density at radius 2 is 1.75 bits per heavy atom. The molecule has 1 fully saturated rings. The topological polar surface area (TPSA) is 52.7 Å². The van der Waals surface area contributed by atoms with Crippen LogP contribution in [0, 0.1) is 0 Å². The third kappa shape index (κ3) is 5.04. The highest BCUT2D eigenvalue weighted by atomic mass is 35.5. The Kier molecular flexibility index (Phi) is 6.94. The molecular weight excluding hydrogens is 397 g/mol. The molecule has 28 heavy (non-hydrogen) atoms. The van der Waals surface area contributed by atoms with Gasteiger partial charge in [0.25, 0.3) is 5.91 Å². The second-order valence-electron chi connectivity index (χ2n) is 6.75. The van der Waals surface area contributed by atoms with Crippen molar-refractivity contribution in [2.45, 2.75) is 13.3 Å². The molecule has 1 aliphatic heterocycles. The Labute approximate surface area is 175 Å². The minimum absolute atomic E-state index is 0.0403. The van der Waals surface area contributed by atoms with Crippen LogP contribution in [-0.2, 0) is 11.2 Å². The molecule has 1 aliphatic rings. The van der Waals surface area contributed by atoms with Gasteiger partial charge in [-0.05, 0) is 36.2 Å². The molecule has 0 bridgehead atoms. The maximum atomic E-state index is 12.7. The fourth-order valence-electron chi connectivity index (χ4n) is 3.29. The molecule has 2 amide bonds. The number of anilines is 1. The minimum Gasteiger partial charge on any atom is -0.336 e. The van der Waals surface area contributed by atoms with Gasteiger partial charge >= 0.3 is 0 Å². The Morgan fingerprint density at radius 3 is 2.43 bits per heavy atom. The Bertz CT molecular complexity index is 864. The van der Waals surface area contributed by atoms with Crippen LogP contribution < -0.4 is 5.32 Å². The number of benzene rings is 2. The normalized spacial score (nSPS) is 14.8. The monoisotopic (exact) mass is 419 g/mol. The number of nitrogens with one attached hydrogen (secondary N) is 1. The van der Waals surface area contributed by atoms with Crippen molar-refractivity contribution in [2.24, 2.45) is 0 Å². The van der Waals surface area contributed by atoms with Gasteiger partial charge in [-0.15, -0.1) is 0 Å². The van der Waals surface area contributed by atoms with Gasteiger partial charge in [-0.3, -0.25) is 14.5 Å². The zero-order chi connectivity index (χ0) is 20.1. The second-order valence-corrected chi connectivity index (χ2v) is 7.60.